The number of imidazole rings is 1. The predicted octanol–water partition coefficient (Wildman–Crippen LogP) is 2.11. The van der Waals surface area contributed by atoms with Gasteiger partial charge >= 0.3 is 0 Å². The van der Waals surface area contributed by atoms with Gasteiger partial charge in [0.25, 0.3) is 0 Å². The van der Waals surface area contributed by atoms with E-state index in [-0.39, 0.29) is 16.4 Å². The van der Waals surface area contributed by atoms with Crippen molar-refractivity contribution in [3.05, 3.63) is 60.8 Å². The van der Waals surface area contributed by atoms with Crippen molar-refractivity contribution in [2.45, 2.75) is 17.6 Å². The molecule has 0 radical (unpaired) electrons. The zero-order valence-electron chi connectivity index (χ0n) is 13.9. The Morgan fingerprint density at radius 2 is 1.85 bits per heavy atom. The molecule has 3 aromatic rings. The SMILES string of the molecule is CCS(=O)(=O)c1ccc(-c2cncn2-c2ccc(CS(=O)[O-])nc2)cc1. The van der Waals surface area contributed by atoms with Crippen LogP contribution in [0.25, 0.3) is 16.9 Å². The van der Waals surface area contributed by atoms with Crippen molar-refractivity contribution >= 4 is 20.9 Å². The van der Waals surface area contributed by atoms with Gasteiger partial charge in [0.05, 0.1) is 52.2 Å². The van der Waals surface area contributed by atoms with Crippen LogP contribution in [0.2, 0.25) is 0 Å². The highest BCUT2D eigenvalue weighted by molar-refractivity contribution is 7.91. The molecule has 0 saturated heterocycles. The molecular weight excluding hydrogens is 374 g/mol. The number of hydrogen-bond donors (Lipinski definition) is 0. The Labute approximate surface area is 154 Å². The lowest BCUT2D eigenvalue weighted by Crippen LogP contribution is -2.03. The van der Waals surface area contributed by atoms with Crippen molar-refractivity contribution in [3.63, 3.8) is 0 Å². The monoisotopic (exact) mass is 390 g/mol. The summed E-state index contributed by atoms with van der Waals surface area (Å²) in [6.07, 6.45) is 4.86. The van der Waals surface area contributed by atoms with E-state index < -0.39 is 20.9 Å². The van der Waals surface area contributed by atoms with Gasteiger partial charge in [0.2, 0.25) is 0 Å². The van der Waals surface area contributed by atoms with Crippen LogP contribution in [0.1, 0.15) is 12.6 Å². The van der Waals surface area contributed by atoms with Gasteiger partial charge in [-0.3, -0.25) is 13.8 Å². The molecule has 0 spiro atoms. The number of sulfone groups is 1. The molecule has 1 atom stereocenters. The fourth-order valence-electron chi connectivity index (χ4n) is 2.48. The first kappa shape index (κ1) is 18.4. The largest absolute Gasteiger partial charge is 0.772 e. The summed E-state index contributed by atoms with van der Waals surface area (Å²) in [6.45, 7) is 1.61. The van der Waals surface area contributed by atoms with Crippen LogP contribution in [-0.4, -0.2) is 37.5 Å². The Kier molecular flexibility index (Phi) is 5.30. The molecule has 0 amide bonds. The lowest BCUT2D eigenvalue weighted by atomic mass is 10.1. The molecule has 0 N–H and O–H groups in total. The van der Waals surface area contributed by atoms with Crippen LogP contribution < -0.4 is 0 Å². The highest BCUT2D eigenvalue weighted by Crippen LogP contribution is 2.24. The van der Waals surface area contributed by atoms with Crippen molar-refractivity contribution in [2.75, 3.05) is 5.75 Å². The number of pyridine rings is 1. The normalized spacial score (nSPS) is 12.8. The van der Waals surface area contributed by atoms with Gasteiger partial charge in [-0.2, -0.15) is 0 Å². The second-order valence-electron chi connectivity index (χ2n) is 5.53. The maximum absolute atomic E-state index is 11.9. The molecule has 136 valence electrons. The minimum Gasteiger partial charge on any atom is -0.772 e. The summed E-state index contributed by atoms with van der Waals surface area (Å²) in [5, 5.41) is 0. The molecule has 7 nitrogen and oxygen atoms in total. The van der Waals surface area contributed by atoms with E-state index in [2.05, 4.69) is 9.97 Å². The first-order valence-electron chi connectivity index (χ1n) is 7.77. The van der Waals surface area contributed by atoms with Crippen LogP contribution >= 0.6 is 0 Å². The number of nitrogens with zero attached hydrogens (tertiary/aromatic N) is 3. The molecule has 1 unspecified atom stereocenters. The van der Waals surface area contributed by atoms with Gasteiger partial charge in [-0.05, 0) is 35.3 Å². The second kappa shape index (κ2) is 7.48. The predicted molar refractivity (Wildman–Crippen MR) is 97.1 cm³/mol. The van der Waals surface area contributed by atoms with Gasteiger partial charge in [0.1, 0.15) is 0 Å². The molecule has 0 fully saturated rings. The Hall–Kier alpha value is -2.36. The summed E-state index contributed by atoms with van der Waals surface area (Å²) < 4.78 is 47.1. The van der Waals surface area contributed by atoms with Crippen molar-refractivity contribution in [1.82, 2.24) is 14.5 Å². The quantitative estimate of drug-likeness (QED) is 0.597. The minimum atomic E-state index is -3.24. The minimum absolute atomic E-state index is 0.0520. The maximum Gasteiger partial charge on any atom is 0.178 e. The molecule has 0 bridgehead atoms. The zero-order valence-corrected chi connectivity index (χ0v) is 15.5. The summed E-state index contributed by atoms with van der Waals surface area (Å²) in [6, 6.07) is 10.0. The zero-order chi connectivity index (χ0) is 18.7. The average molecular weight is 390 g/mol. The third-order valence-electron chi connectivity index (χ3n) is 3.88. The van der Waals surface area contributed by atoms with Crippen molar-refractivity contribution in [1.29, 1.82) is 0 Å². The van der Waals surface area contributed by atoms with Crippen LogP contribution in [0, 0.1) is 0 Å². The van der Waals surface area contributed by atoms with E-state index in [9.17, 15) is 17.2 Å². The summed E-state index contributed by atoms with van der Waals surface area (Å²) in [5.41, 5.74) is 2.76. The lowest BCUT2D eigenvalue weighted by Gasteiger charge is -2.10. The molecule has 2 heterocycles. The van der Waals surface area contributed by atoms with Crippen LogP contribution in [0.5, 0.6) is 0 Å². The van der Waals surface area contributed by atoms with Gasteiger partial charge in [0.15, 0.2) is 9.84 Å². The van der Waals surface area contributed by atoms with E-state index >= 15 is 0 Å². The maximum atomic E-state index is 11.9. The number of hydrogen-bond acceptors (Lipinski definition) is 6. The number of rotatable bonds is 6. The van der Waals surface area contributed by atoms with Crippen LogP contribution in [0.3, 0.4) is 0 Å². The summed E-state index contributed by atoms with van der Waals surface area (Å²) >= 11 is -2.19. The Bertz CT molecular complexity index is 1030. The van der Waals surface area contributed by atoms with E-state index in [4.69, 9.17) is 0 Å². The highest BCUT2D eigenvalue weighted by atomic mass is 32.2. The topological polar surface area (TPSA) is 105 Å². The van der Waals surface area contributed by atoms with Crippen molar-refractivity contribution in [3.8, 4) is 16.9 Å². The molecule has 0 aliphatic heterocycles. The van der Waals surface area contributed by atoms with E-state index in [0.717, 1.165) is 16.9 Å². The molecule has 3 rings (SSSR count). The van der Waals surface area contributed by atoms with E-state index in [1.54, 1.807) is 66.6 Å². The Morgan fingerprint density at radius 3 is 2.42 bits per heavy atom. The molecule has 0 saturated carbocycles. The molecular formula is C17H16N3O4S2-. The highest BCUT2D eigenvalue weighted by Gasteiger charge is 2.13. The number of benzene rings is 1. The first-order valence-corrected chi connectivity index (χ1v) is 10.7. The number of aromatic nitrogens is 3. The van der Waals surface area contributed by atoms with Gasteiger partial charge in [-0.25, -0.2) is 13.4 Å². The van der Waals surface area contributed by atoms with Gasteiger partial charge in [0, 0.05) is 5.56 Å². The summed E-state index contributed by atoms with van der Waals surface area (Å²) in [4.78, 5) is 8.58. The smallest absolute Gasteiger partial charge is 0.178 e. The summed E-state index contributed by atoms with van der Waals surface area (Å²) in [7, 11) is -3.24. The van der Waals surface area contributed by atoms with Crippen molar-refractivity contribution < 1.29 is 17.2 Å². The average Bonchev–Trinajstić information content (AvgIpc) is 3.12. The molecule has 1 aromatic carbocycles. The Morgan fingerprint density at radius 1 is 1.12 bits per heavy atom. The van der Waals surface area contributed by atoms with Gasteiger partial charge in [-0.15, -0.1) is 0 Å². The fourth-order valence-corrected chi connectivity index (χ4v) is 3.78. The molecule has 26 heavy (non-hydrogen) atoms. The lowest BCUT2D eigenvalue weighted by molar-refractivity contribution is 0.535. The molecule has 9 heteroatoms. The van der Waals surface area contributed by atoms with Crippen LogP contribution in [-0.2, 0) is 26.7 Å². The molecule has 2 aromatic heterocycles. The van der Waals surface area contributed by atoms with E-state index in [1.165, 1.54) is 0 Å². The Balaban J connectivity index is 1.92. The molecule has 0 aliphatic carbocycles. The third-order valence-corrected chi connectivity index (χ3v) is 6.16. The first-order chi connectivity index (χ1) is 12.4. The van der Waals surface area contributed by atoms with Gasteiger partial charge in [-0.1, -0.05) is 19.1 Å². The van der Waals surface area contributed by atoms with Gasteiger partial charge < -0.3 is 4.55 Å². The van der Waals surface area contributed by atoms with Crippen LogP contribution in [0.15, 0.2) is 60.0 Å². The molecule has 0 aliphatic rings. The third kappa shape index (κ3) is 3.90. The van der Waals surface area contributed by atoms with E-state index in [0.29, 0.717) is 5.69 Å². The van der Waals surface area contributed by atoms with Crippen LogP contribution in [0.4, 0.5) is 0 Å². The second-order valence-corrected chi connectivity index (χ2v) is 8.71. The standard InChI is InChI=1S/C17H17N3O4S2/c1-2-26(23,24)16-7-3-13(4-8-16)17-10-18-12-20(17)15-6-5-14(19-9-15)11-25(21)22/h3-10,12H,2,11H2,1H3,(H,21,22)/p-1. The van der Waals surface area contributed by atoms with Crippen molar-refractivity contribution in [2.24, 2.45) is 0 Å². The summed E-state index contributed by atoms with van der Waals surface area (Å²) in [5.74, 6) is -0.0825. The van der Waals surface area contributed by atoms with E-state index in [1.807, 2.05) is 0 Å². The fraction of sp³-hybridized carbons (Fsp3) is 0.176.